The molecular weight excluding hydrogens is 290 g/mol. The summed E-state index contributed by atoms with van der Waals surface area (Å²) in [6.07, 6.45) is 2.51. The quantitative estimate of drug-likeness (QED) is 0.876. The van der Waals surface area contributed by atoms with Crippen LogP contribution in [0.15, 0.2) is 17.0 Å². The molecular formula is C15H21NO4S. The van der Waals surface area contributed by atoms with Crippen molar-refractivity contribution in [2.24, 2.45) is 0 Å². The lowest BCUT2D eigenvalue weighted by atomic mass is 10.1. The molecule has 1 aliphatic carbocycles. The highest BCUT2D eigenvalue weighted by molar-refractivity contribution is 7.89. The van der Waals surface area contributed by atoms with Gasteiger partial charge in [-0.3, -0.25) is 0 Å². The zero-order valence-electron chi connectivity index (χ0n) is 12.6. The fraction of sp³-hybridized carbons (Fsp3) is 0.533. The van der Waals surface area contributed by atoms with Crippen molar-refractivity contribution in [2.75, 3.05) is 6.54 Å². The van der Waals surface area contributed by atoms with Gasteiger partial charge in [-0.15, -0.1) is 0 Å². The maximum atomic E-state index is 12.9. The predicted molar refractivity (Wildman–Crippen MR) is 80.1 cm³/mol. The monoisotopic (exact) mass is 311 g/mol. The molecule has 21 heavy (non-hydrogen) atoms. The first-order valence-electron chi connectivity index (χ1n) is 7.15. The lowest BCUT2D eigenvalue weighted by molar-refractivity contribution is 0.0696. The molecule has 1 N–H and O–H groups in total. The molecule has 0 spiro atoms. The summed E-state index contributed by atoms with van der Waals surface area (Å²) in [6, 6.07) is 2.87. The van der Waals surface area contributed by atoms with Gasteiger partial charge >= 0.3 is 5.97 Å². The smallest absolute Gasteiger partial charge is 0.335 e. The van der Waals surface area contributed by atoms with Crippen molar-refractivity contribution in [3.05, 3.63) is 28.8 Å². The Morgan fingerprint density at radius 1 is 1.33 bits per heavy atom. The second-order valence-corrected chi connectivity index (χ2v) is 7.43. The van der Waals surface area contributed by atoms with Crippen molar-refractivity contribution < 1.29 is 18.3 Å². The zero-order valence-corrected chi connectivity index (χ0v) is 13.4. The van der Waals surface area contributed by atoms with Crippen LogP contribution in [0.4, 0.5) is 0 Å². The van der Waals surface area contributed by atoms with E-state index in [1.807, 2.05) is 6.92 Å². The van der Waals surface area contributed by atoms with Gasteiger partial charge in [-0.2, -0.15) is 4.31 Å². The number of hydrogen-bond acceptors (Lipinski definition) is 3. The molecule has 0 atom stereocenters. The Labute approximate surface area is 125 Å². The van der Waals surface area contributed by atoms with Crippen molar-refractivity contribution in [1.82, 2.24) is 4.31 Å². The minimum absolute atomic E-state index is 0.0175. The highest BCUT2D eigenvalue weighted by Gasteiger charge is 2.38. The number of benzene rings is 1. The highest BCUT2D eigenvalue weighted by atomic mass is 32.2. The third-order valence-electron chi connectivity index (χ3n) is 3.85. The van der Waals surface area contributed by atoms with Crippen molar-refractivity contribution in [3.8, 4) is 0 Å². The zero-order chi connectivity index (χ0) is 15.8. The SMILES string of the molecule is CCCN(C1CC1)S(=O)(=O)c1cc(C(=O)O)cc(C)c1C. The molecule has 0 aromatic heterocycles. The molecule has 0 aliphatic heterocycles. The molecule has 0 amide bonds. The third kappa shape index (κ3) is 3.11. The van der Waals surface area contributed by atoms with E-state index in [0.717, 1.165) is 19.3 Å². The largest absolute Gasteiger partial charge is 0.478 e. The van der Waals surface area contributed by atoms with E-state index in [-0.39, 0.29) is 16.5 Å². The summed E-state index contributed by atoms with van der Waals surface area (Å²) in [5.41, 5.74) is 1.33. The Kier molecular flexibility index (Phi) is 4.39. The van der Waals surface area contributed by atoms with Crippen LogP contribution in [0.1, 0.15) is 47.7 Å². The summed E-state index contributed by atoms with van der Waals surface area (Å²) in [6.45, 7) is 5.88. The van der Waals surface area contributed by atoms with Gasteiger partial charge in [0.1, 0.15) is 0 Å². The maximum absolute atomic E-state index is 12.9. The van der Waals surface area contributed by atoms with E-state index in [4.69, 9.17) is 5.11 Å². The van der Waals surface area contributed by atoms with Crippen LogP contribution in [0.5, 0.6) is 0 Å². The molecule has 1 fully saturated rings. The van der Waals surface area contributed by atoms with E-state index in [0.29, 0.717) is 17.7 Å². The molecule has 5 nitrogen and oxygen atoms in total. The third-order valence-corrected chi connectivity index (χ3v) is 5.93. The summed E-state index contributed by atoms with van der Waals surface area (Å²) < 4.78 is 27.3. The molecule has 1 aromatic rings. The number of hydrogen-bond donors (Lipinski definition) is 1. The molecule has 0 saturated heterocycles. The van der Waals surface area contributed by atoms with E-state index in [1.54, 1.807) is 13.8 Å². The van der Waals surface area contributed by atoms with Gasteiger partial charge in [-0.1, -0.05) is 6.92 Å². The molecule has 1 aliphatic rings. The van der Waals surface area contributed by atoms with Gasteiger partial charge in [0.2, 0.25) is 10.0 Å². The molecule has 0 heterocycles. The molecule has 1 saturated carbocycles. The summed E-state index contributed by atoms with van der Waals surface area (Å²) in [4.78, 5) is 11.3. The normalized spacial score (nSPS) is 15.4. The Morgan fingerprint density at radius 2 is 1.95 bits per heavy atom. The number of rotatable bonds is 6. The summed E-state index contributed by atoms with van der Waals surface area (Å²) in [5.74, 6) is -1.11. The van der Waals surface area contributed by atoms with Crippen molar-refractivity contribution in [2.45, 2.75) is 51.0 Å². The van der Waals surface area contributed by atoms with Crippen LogP contribution < -0.4 is 0 Å². The van der Waals surface area contributed by atoms with Crippen molar-refractivity contribution >= 4 is 16.0 Å². The van der Waals surface area contributed by atoms with Crippen LogP contribution in [-0.4, -0.2) is 36.4 Å². The molecule has 2 rings (SSSR count). The fourth-order valence-corrected chi connectivity index (χ4v) is 4.53. The van der Waals surface area contributed by atoms with E-state index in [1.165, 1.54) is 16.4 Å². The maximum Gasteiger partial charge on any atom is 0.335 e. The number of aromatic carboxylic acids is 1. The first-order chi connectivity index (χ1) is 9.78. The Hall–Kier alpha value is -1.40. The van der Waals surface area contributed by atoms with Crippen LogP contribution >= 0.6 is 0 Å². The predicted octanol–water partition coefficient (Wildman–Crippen LogP) is 2.56. The fourth-order valence-electron chi connectivity index (χ4n) is 2.43. The molecule has 0 unspecified atom stereocenters. The molecule has 1 aromatic carbocycles. The number of aryl methyl sites for hydroxylation is 1. The second kappa shape index (κ2) is 5.77. The van der Waals surface area contributed by atoms with Crippen LogP contribution in [0.2, 0.25) is 0 Å². The lowest BCUT2D eigenvalue weighted by Gasteiger charge is -2.23. The van der Waals surface area contributed by atoms with Gasteiger partial charge in [0.05, 0.1) is 10.5 Å². The summed E-state index contributed by atoms with van der Waals surface area (Å²) >= 11 is 0. The molecule has 6 heteroatoms. The summed E-state index contributed by atoms with van der Waals surface area (Å²) in [7, 11) is -3.64. The minimum atomic E-state index is -3.64. The average molecular weight is 311 g/mol. The van der Waals surface area contributed by atoms with E-state index in [9.17, 15) is 13.2 Å². The molecule has 116 valence electrons. The Balaban J connectivity index is 2.55. The van der Waals surface area contributed by atoms with E-state index >= 15 is 0 Å². The summed E-state index contributed by atoms with van der Waals surface area (Å²) in [5, 5.41) is 9.15. The average Bonchev–Trinajstić information content (AvgIpc) is 3.22. The number of carboxylic acid groups (broad SMARTS) is 1. The second-order valence-electron chi connectivity index (χ2n) is 5.57. The standard InChI is InChI=1S/C15H21NO4S/c1-4-7-16(13-5-6-13)21(19,20)14-9-12(15(17)18)8-10(2)11(14)3/h8-9,13H,4-7H2,1-3H3,(H,17,18). The molecule has 0 bridgehead atoms. The van der Waals surface area contributed by atoms with Crippen molar-refractivity contribution in [3.63, 3.8) is 0 Å². The number of carbonyl (C=O) groups is 1. The van der Waals surface area contributed by atoms with Gasteiger partial charge in [0.15, 0.2) is 0 Å². The van der Waals surface area contributed by atoms with Crippen molar-refractivity contribution in [1.29, 1.82) is 0 Å². The van der Waals surface area contributed by atoms with Gasteiger partial charge < -0.3 is 5.11 Å². The first kappa shape index (κ1) is 16.0. The Bertz CT molecular complexity index is 662. The topological polar surface area (TPSA) is 74.7 Å². The highest BCUT2D eigenvalue weighted by Crippen LogP contribution is 2.34. The number of nitrogens with zero attached hydrogens (tertiary/aromatic N) is 1. The van der Waals surface area contributed by atoms with E-state index in [2.05, 4.69) is 0 Å². The lowest BCUT2D eigenvalue weighted by Crippen LogP contribution is -2.34. The molecule has 0 radical (unpaired) electrons. The van der Waals surface area contributed by atoms with Crippen LogP contribution in [-0.2, 0) is 10.0 Å². The van der Waals surface area contributed by atoms with Crippen LogP contribution in [0.25, 0.3) is 0 Å². The van der Waals surface area contributed by atoms with Crippen LogP contribution in [0.3, 0.4) is 0 Å². The Morgan fingerprint density at radius 3 is 2.43 bits per heavy atom. The number of sulfonamides is 1. The van der Waals surface area contributed by atoms with Gasteiger partial charge in [0, 0.05) is 12.6 Å². The minimum Gasteiger partial charge on any atom is -0.478 e. The van der Waals surface area contributed by atoms with Crippen LogP contribution in [0, 0.1) is 13.8 Å². The first-order valence-corrected chi connectivity index (χ1v) is 8.59. The van der Waals surface area contributed by atoms with Gasteiger partial charge in [-0.25, -0.2) is 13.2 Å². The van der Waals surface area contributed by atoms with Gasteiger partial charge in [-0.05, 0) is 56.4 Å². The van der Waals surface area contributed by atoms with E-state index < -0.39 is 16.0 Å². The van der Waals surface area contributed by atoms with Gasteiger partial charge in [0.25, 0.3) is 0 Å². The number of carboxylic acids is 1.